The molecule has 7 heteroatoms. The number of rotatable bonds is 7. The third-order valence-corrected chi connectivity index (χ3v) is 9.04. The number of carbonyl (C=O) groups is 1. The monoisotopic (exact) mass is 551 g/mol. The number of piperazine rings is 1. The number of hydrogen-bond donors (Lipinski definition) is 0. The minimum Gasteiger partial charge on any atom is -0.497 e. The first-order chi connectivity index (χ1) is 20.0. The van der Waals surface area contributed by atoms with Crippen LogP contribution >= 0.6 is 0 Å². The average Bonchev–Trinajstić information content (AvgIpc) is 3.35. The Morgan fingerprint density at radius 2 is 1.59 bits per heavy atom. The van der Waals surface area contributed by atoms with Gasteiger partial charge in [-0.2, -0.15) is 0 Å². The summed E-state index contributed by atoms with van der Waals surface area (Å²) in [6, 6.07) is 23.2. The number of nitrogens with zero attached hydrogens (tertiary/aromatic N) is 5. The minimum atomic E-state index is 0.122. The molecule has 3 aromatic carbocycles. The number of imidazole rings is 1. The van der Waals surface area contributed by atoms with Gasteiger partial charge in [-0.15, -0.1) is 0 Å². The lowest BCUT2D eigenvalue weighted by molar-refractivity contribution is -0.137. The summed E-state index contributed by atoms with van der Waals surface area (Å²) in [5.41, 5.74) is 7.38. The van der Waals surface area contributed by atoms with E-state index < -0.39 is 0 Å². The van der Waals surface area contributed by atoms with Crippen molar-refractivity contribution in [2.45, 2.75) is 39.8 Å². The van der Waals surface area contributed by atoms with Crippen molar-refractivity contribution in [2.75, 3.05) is 51.3 Å². The van der Waals surface area contributed by atoms with E-state index in [0.717, 1.165) is 87.8 Å². The number of benzene rings is 3. The molecule has 41 heavy (non-hydrogen) atoms. The van der Waals surface area contributed by atoms with Gasteiger partial charge in [0.25, 0.3) is 0 Å². The van der Waals surface area contributed by atoms with Gasteiger partial charge in [-0.3, -0.25) is 9.69 Å². The third kappa shape index (κ3) is 5.82. The van der Waals surface area contributed by atoms with Crippen LogP contribution in [-0.4, -0.2) is 71.6 Å². The second kappa shape index (κ2) is 12.0. The summed E-state index contributed by atoms with van der Waals surface area (Å²) >= 11 is 0. The molecule has 3 heterocycles. The van der Waals surface area contributed by atoms with Crippen LogP contribution < -0.4 is 9.64 Å². The summed E-state index contributed by atoms with van der Waals surface area (Å²) < 4.78 is 7.68. The molecule has 7 nitrogen and oxygen atoms in total. The quantitative estimate of drug-likeness (QED) is 0.313. The zero-order valence-corrected chi connectivity index (χ0v) is 24.6. The van der Waals surface area contributed by atoms with Gasteiger partial charge in [-0.25, -0.2) is 4.98 Å². The number of hydrogen-bond acceptors (Lipinski definition) is 5. The Kier molecular flexibility index (Phi) is 7.97. The van der Waals surface area contributed by atoms with Gasteiger partial charge in [0.15, 0.2) is 0 Å². The van der Waals surface area contributed by atoms with Crippen LogP contribution in [-0.2, 0) is 17.9 Å². The molecule has 0 N–H and O–H groups in total. The number of likely N-dealkylation sites (tertiary alicyclic amines) is 1. The first kappa shape index (κ1) is 27.3. The molecule has 6 rings (SSSR count). The molecule has 0 bridgehead atoms. The molecule has 0 aliphatic carbocycles. The fourth-order valence-electron chi connectivity index (χ4n) is 6.38. The summed E-state index contributed by atoms with van der Waals surface area (Å²) in [5.74, 6) is 2.41. The van der Waals surface area contributed by atoms with Gasteiger partial charge in [-0.05, 0) is 86.8 Å². The van der Waals surface area contributed by atoms with Gasteiger partial charge in [0.1, 0.15) is 11.6 Å². The van der Waals surface area contributed by atoms with Gasteiger partial charge < -0.3 is 19.1 Å². The average molecular weight is 552 g/mol. The summed E-state index contributed by atoms with van der Waals surface area (Å²) in [5, 5.41) is 0. The zero-order chi connectivity index (χ0) is 28.3. The predicted molar refractivity (Wildman–Crippen MR) is 165 cm³/mol. The largest absolute Gasteiger partial charge is 0.497 e. The second-order valence-electron chi connectivity index (χ2n) is 11.5. The molecular weight excluding hydrogens is 510 g/mol. The van der Waals surface area contributed by atoms with Crippen LogP contribution in [0.15, 0.2) is 66.7 Å². The summed E-state index contributed by atoms with van der Waals surface area (Å²) in [7, 11) is 1.70. The molecule has 0 radical (unpaired) electrons. The molecule has 0 unspecified atom stereocenters. The van der Waals surface area contributed by atoms with E-state index in [0.29, 0.717) is 5.91 Å². The lowest BCUT2D eigenvalue weighted by atomic mass is 9.95. The normalized spacial score (nSPS) is 16.9. The molecule has 0 spiro atoms. The van der Waals surface area contributed by atoms with Gasteiger partial charge in [0, 0.05) is 44.3 Å². The lowest BCUT2D eigenvalue weighted by Gasteiger charge is -2.40. The Morgan fingerprint density at radius 1 is 0.854 bits per heavy atom. The van der Waals surface area contributed by atoms with E-state index in [4.69, 9.17) is 9.72 Å². The van der Waals surface area contributed by atoms with Crippen LogP contribution in [0.2, 0.25) is 0 Å². The van der Waals surface area contributed by atoms with E-state index in [9.17, 15) is 4.79 Å². The molecule has 2 aliphatic rings. The van der Waals surface area contributed by atoms with E-state index >= 15 is 0 Å². The van der Waals surface area contributed by atoms with Crippen molar-refractivity contribution in [3.05, 3.63) is 89.2 Å². The minimum absolute atomic E-state index is 0.122. The van der Waals surface area contributed by atoms with Crippen LogP contribution in [0.3, 0.4) is 0 Å². The van der Waals surface area contributed by atoms with Crippen molar-refractivity contribution < 1.29 is 9.53 Å². The molecule has 0 atom stereocenters. The standard InChI is InChI=1S/C34H41N5O2/c1-25-7-6-10-31(26(25)2)37-19-21-38(22-20-37)34(40)28-15-17-36(18-16-28)24-33-35-30-8-4-5-9-32(30)39(33)23-27-11-13-29(41-3)14-12-27/h4-14,28H,15-24H2,1-3H3. The number of piperidine rings is 1. The number of amides is 1. The van der Waals surface area contributed by atoms with Crippen LogP contribution in [0, 0.1) is 19.8 Å². The molecule has 214 valence electrons. The van der Waals surface area contributed by atoms with Crippen LogP contribution in [0.25, 0.3) is 11.0 Å². The molecule has 1 amide bonds. The first-order valence-corrected chi connectivity index (χ1v) is 14.9. The van der Waals surface area contributed by atoms with Crippen molar-refractivity contribution in [2.24, 2.45) is 5.92 Å². The smallest absolute Gasteiger partial charge is 0.225 e. The van der Waals surface area contributed by atoms with Crippen LogP contribution in [0.5, 0.6) is 5.75 Å². The summed E-state index contributed by atoms with van der Waals surface area (Å²) in [4.78, 5) is 25.5. The van der Waals surface area contributed by atoms with E-state index in [2.05, 4.69) is 87.7 Å². The third-order valence-electron chi connectivity index (χ3n) is 9.04. The Morgan fingerprint density at radius 3 is 2.32 bits per heavy atom. The predicted octanol–water partition coefficient (Wildman–Crippen LogP) is 5.27. The molecule has 2 aliphatic heterocycles. The van der Waals surface area contributed by atoms with Gasteiger partial charge >= 0.3 is 0 Å². The highest BCUT2D eigenvalue weighted by Gasteiger charge is 2.31. The molecule has 0 saturated carbocycles. The maximum absolute atomic E-state index is 13.5. The number of fused-ring (bicyclic) bond motifs is 1. The van der Waals surface area contributed by atoms with E-state index in [1.807, 2.05) is 12.1 Å². The topological polar surface area (TPSA) is 53.8 Å². The van der Waals surface area contributed by atoms with Crippen molar-refractivity contribution >= 4 is 22.6 Å². The SMILES string of the molecule is COc1ccc(Cn2c(CN3CCC(C(=O)N4CCN(c5cccc(C)c5C)CC4)CC3)nc3ccccc32)cc1. The number of para-hydroxylation sites is 2. The fourth-order valence-corrected chi connectivity index (χ4v) is 6.38. The highest BCUT2D eigenvalue weighted by atomic mass is 16.5. The molecule has 4 aromatic rings. The van der Waals surface area contributed by atoms with Crippen molar-refractivity contribution in [3.63, 3.8) is 0 Å². The fraction of sp³-hybridized carbons (Fsp3) is 0.412. The highest BCUT2D eigenvalue weighted by Crippen LogP contribution is 2.27. The number of methoxy groups -OCH3 is 1. The number of aromatic nitrogens is 2. The maximum Gasteiger partial charge on any atom is 0.225 e. The van der Waals surface area contributed by atoms with Crippen molar-refractivity contribution in [1.29, 1.82) is 0 Å². The lowest BCUT2D eigenvalue weighted by Crippen LogP contribution is -2.51. The number of ether oxygens (including phenoxy) is 1. The van der Waals surface area contributed by atoms with E-state index in [1.165, 1.54) is 22.4 Å². The van der Waals surface area contributed by atoms with E-state index in [-0.39, 0.29) is 5.92 Å². The summed E-state index contributed by atoms with van der Waals surface area (Å²) in [6.07, 6.45) is 1.82. The first-order valence-electron chi connectivity index (χ1n) is 14.9. The summed E-state index contributed by atoms with van der Waals surface area (Å²) in [6.45, 7) is 11.2. The number of aryl methyl sites for hydroxylation is 1. The Hall–Kier alpha value is -3.84. The van der Waals surface area contributed by atoms with Crippen molar-refractivity contribution in [3.8, 4) is 5.75 Å². The molecule has 1 aromatic heterocycles. The maximum atomic E-state index is 13.5. The number of anilines is 1. The second-order valence-corrected chi connectivity index (χ2v) is 11.5. The molecule has 2 fully saturated rings. The van der Waals surface area contributed by atoms with Crippen LogP contribution in [0.1, 0.15) is 35.4 Å². The Balaban J connectivity index is 1.06. The van der Waals surface area contributed by atoms with E-state index in [1.54, 1.807) is 7.11 Å². The van der Waals surface area contributed by atoms with Crippen LogP contribution in [0.4, 0.5) is 5.69 Å². The Labute approximate surface area is 243 Å². The Bertz CT molecular complexity index is 1500. The van der Waals surface area contributed by atoms with Crippen molar-refractivity contribution in [1.82, 2.24) is 19.4 Å². The molecule has 2 saturated heterocycles. The highest BCUT2D eigenvalue weighted by molar-refractivity contribution is 5.79. The van der Waals surface area contributed by atoms with Gasteiger partial charge in [-0.1, -0.05) is 36.4 Å². The van der Waals surface area contributed by atoms with Gasteiger partial charge in [0.05, 0.1) is 24.7 Å². The van der Waals surface area contributed by atoms with Gasteiger partial charge in [0.2, 0.25) is 5.91 Å². The zero-order valence-electron chi connectivity index (χ0n) is 24.6. The molecular formula is C34H41N5O2. The number of carbonyl (C=O) groups excluding carboxylic acids is 1.